The van der Waals surface area contributed by atoms with Gasteiger partial charge in [0.15, 0.2) is 0 Å². The second kappa shape index (κ2) is 5.43. The second-order valence-electron chi connectivity index (χ2n) is 4.12. The largest absolute Gasteiger partial charge is 0.313 e. The van der Waals surface area contributed by atoms with Crippen molar-refractivity contribution in [1.82, 2.24) is 9.97 Å². The summed E-state index contributed by atoms with van der Waals surface area (Å²) in [6, 6.07) is 6.15. The van der Waals surface area contributed by atoms with E-state index in [1.165, 1.54) is 18.5 Å². The molecule has 0 aliphatic rings. The molecule has 0 amide bonds. The zero-order chi connectivity index (χ0) is 13.8. The van der Waals surface area contributed by atoms with Crippen LogP contribution in [0.4, 0.5) is 5.69 Å². The maximum atomic E-state index is 11.8. The van der Waals surface area contributed by atoms with Gasteiger partial charge in [0.25, 0.3) is 11.2 Å². The van der Waals surface area contributed by atoms with Crippen molar-refractivity contribution in [3.63, 3.8) is 0 Å². The van der Waals surface area contributed by atoms with E-state index in [4.69, 9.17) is 0 Å². The van der Waals surface area contributed by atoms with Gasteiger partial charge in [-0.1, -0.05) is 25.5 Å². The van der Waals surface area contributed by atoms with Gasteiger partial charge < -0.3 is 4.98 Å². The van der Waals surface area contributed by atoms with E-state index in [1.54, 1.807) is 12.1 Å². The molecular weight excluding hydrogens is 246 g/mol. The number of aromatic nitrogens is 2. The molecule has 98 valence electrons. The van der Waals surface area contributed by atoms with Crippen LogP contribution in [-0.4, -0.2) is 14.9 Å². The number of nitrogens with one attached hydrogen (secondary N) is 1. The molecule has 0 unspecified atom stereocenters. The van der Waals surface area contributed by atoms with Crippen molar-refractivity contribution in [2.75, 3.05) is 0 Å². The first-order valence-corrected chi connectivity index (χ1v) is 5.95. The zero-order valence-electron chi connectivity index (χ0n) is 10.4. The van der Waals surface area contributed by atoms with Crippen LogP contribution >= 0.6 is 0 Å². The molecule has 0 atom stereocenters. The molecule has 1 N–H and O–H groups in total. The Labute approximate surface area is 109 Å². The molecule has 0 aliphatic heterocycles. The minimum absolute atomic E-state index is 0.0120. The van der Waals surface area contributed by atoms with Crippen molar-refractivity contribution in [3.05, 3.63) is 56.6 Å². The fourth-order valence-corrected chi connectivity index (χ4v) is 1.93. The average Bonchev–Trinajstić information content (AvgIpc) is 2.41. The Morgan fingerprint density at radius 3 is 2.89 bits per heavy atom. The number of H-pyrrole nitrogens is 1. The van der Waals surface area contributed by atoms with E-state index >= 15 is 0 Å². The van der Waals surface area contributed by atoms with E-state index in [0.717, 1.165) is 6.42 Å². The molecule has 0 radical (unpaired) electrons. The van der Waals surface area contributed by atoms with Crippen LogP contribution < -0.4 is 5.56 Å². The van der Waals surface area contributed by atoms with E-state index in [-0.39, 0.29) is 11.2 Å². The highest BCUT2D eigenvalue weighted by Gasteiger charge is 2.13. The van der Waals surface area contributed by atoms with Crippen LogP contribution in [0, 0.1) is 10.1 Å². The normalized spacial score (nSPS) is 10.4. The maximum absolute atomic E-state index is 11.8. The summed E-state index contributed by atoms with van der Waals surface area (Å²) in [5, 5.41) is 10.8. The van der Waals surface area contributed by atoms with Crippen LogP contribution in [0.15, 0.2) is 35.4 Å². The van der Waals surface area contributed by atoms with Crippen molar-refractivity contribution in [2.45, 2.75) is 19.8 Å². The lowest BCUT2D eigenvalue weighted by atomic mass is 10.0. The lowest BCUT2D eigenvalue weighted by Gasteiger charge is -2.06. The summed E-state index contributed by atoms with van der Waals surface area (Å²) in [5.74, 6) is 0. The number of non-ortho nitro benzene ring substituents is 1. The first kappa shape index (κ1) is 12.9. The van der Waals surface area contributed by atoms with E-state index in [9.17, 15) is 14.9 Å². The molecule has 0 fully saturated rings. The van der Waals surface area contributed by atoms with Crippen LogP contribution in [0.2, 0.25) is 0 Å². The van der Waals surface area contributed by atoms with Crippen LogP contribution in [0.5, 0.6) is 0 Å². The highest BCUT2D eigenvalue weighted by Crippen LogP contribution is 2.23. The summed E-state index contributed by atoms with van der Waals surface area (Å²) in [6.45, 7) is 1.96. The van der Waals surface area contributed by atoms with Crippen LogP contribution in [-0.2, 0) is 6.42 Å². The van der Waals surface area contributed by atoms with Gasteiger partial charge in [-0.25, -0.2) is 4.98 Å². The third-order valence-electron chi connectivity index (χ3n) is 2.78. The van der Waals surface area contributed by atoms with Crippen molar-refractivity contribution < 1.29 is 4.92 Å². The van der Waals surface area contributed by atoms with Gasteiger partial charge in [0.05, 0.1) is 16.9 Å². The Bertz CT molecular complexity index is 664. The Morgan fingerprint density at radius 1 is 1.42 bits per heavy atom. The van der Waals surface area contributed by atoms with Crippen LogP contribution in [0.25, 0.3) is 11.3 Å². The van der Waals surface area contributed by atoms with Gasteiger partial charge in [-0.3, -0.25) is 14.9 Å². The van der Waals surface area contributed by atoms with E-state index < -0.39 is 4.92 Å². The summed E-state index contributed by atoms with van der Waals surface area (Å²) in [5.41, 5.74) is 1.45. The first-order chi connectivity index (χ1) is 9.13. The highest BCUT2D eigenvalue weighted by molar-refractivity contribution is 5.65. The van der Waals surface area contributed by atoms with Crippen molar-refractivity contribution in [1.29, 1.82) is 0 Å². The number of aromatic amines is 1. The van der Waals surface area contributed by atoms with Crippen molar-refractivity contribution in [3.8, 4) is 11.3 Å². The lowest BCUT2D eigenvalue weighted by Crippen LogP contribution is -2.14. The SMILES string of the molecule is CCCc1c(-c2cccc([N+](=O)[O-])c2)nc[nH]c1=O. The molecule has 1 heterocycles. The molecule has 0 saturated carbocycles. The molecule has 1 aromatic heterocycles. The smallest absolute Gasteiger partial charge is 0.270 e. The topological polar surface area (TPSA) is 88.9 Å². The molecule has 6 heteroatoms. The highest BCUT2D eigenvalue weighted by atomic mass is 16.6. The number of hydrogen-bond acceptors (Lipinski definition) is 4. The molecule has 6 nitrogen and oxygen atoms in total. The Hall–Kier alpha value is -2.50. The van der Waals surface area contributed by atoms with Crippen LogP contribution in [0.3, 0.4) is 0 Å². The van der Waals surface area contributed by atoms with Gasteiger partial charge in [-0.05, 0) is 6.42 Å². The monoisotopic (exact) mass is 259 g/mol. The first-order valence-electron chi connectivity index (χ1n) is 5.95. The van der Waals surface area contributed by atoms with Crippen LogP contribution in [0.1, 0.15) is 18.9 Å². The van der Waals surface area contributed by atoms with Crippen molar-refractivity contribution >= 4 is 5.69 Å². The third kappa shape index (κ3) is 2.67. The average molecular weight is 259 g/mol. The predicted molar refractivity (Wildman–Crippen MR) is 70.9 cm³/mol. The van der Waals surface area contributed by atoms with E-state index in [0.29, 0.717) is 23.2 Å². The molecular formula is C13H13N3O3. The quantitative estimate of drug-likeness (QED) is 0.673. The predicted octanol–water partition coefficient (Wildman–Crippen LogP) is 2.30. The standard InChI is InChI=1S/C13H13N3O3/c1-2-4-11-12(14-8-15-13(11)17)9-5-3-6-10(7-9)16(18)19/h3,5-8H,2,4H2,1H3,(H,14,15,17). The molecule has 0 bridgehead atoms. The van der Waals surface area contributed by atoms with Gasteiger partial charge >= 0.3 is 0 Å². The summed E-state index contributed by atoms with van der Waals surface area (Å²) in [6.07, 6.45) is 2.70. The van der Waals surface area contributed by atoms with E-state index in [1.807, 2.05) is 6.92 Å². The molecule has 19 heavy (non-hydrogen) atoms. The fourth-order valence-electron chi connectivity index (χ4n) is 1.93. The maximum Gasteiger partial charge on any atom is 0.270 e. The Morgan fingerprint density at radius 2 is 2.21 bits per heavy atom. The number of nitro groups is 1. The molecule has 2 rings (SSSR count). The minimum Gasteiger partial charge on any atom is -0.313 e. The fraction of sp³-hybridized carbons (Fsp3) is 0.231. The van der Waals surface area contributed by atoms with E-state index in [2.05, 4.69) is 9.97 Å². The number of rotatable bonds is 4. The van der Waals surface area contributed by atoms with Crippen molar-refractivity contribution in [2.24, 2.45) is 0 Å². The molecule has 2 aromatic rings. The molecule has 0 saturated heterocycles. The zero-order valence-corrected chi connectivity index (χ0v) is 10.4. The summed E-state index contributed by atoms with van der Waals surface area (Å²) in [4.78, 5) is 28.8. The third-order valence-corrected chi connectivity index (χ3v) is 2.78. The van der Waals surface area contributed by atoms with Gasteiger partial charge in [0, 0.05) is 23.3 Å². The number of nitrogens with zero attached hydrogens (tertiary/aromatic N) is 2. The van der Waals surface area contributed by atoms with Gasteiger partial charge in [0.2, 0.25) is 0 Å². The Kier molecular flexibility index (Phi) is 3.70. The molecule has 1 aromatic carbocycles. The number of nitro benzene ring substituents is 1. The summed E-state index contributed by atoms with van der Waals surface area (Å²) >= 11 is 0. The number of hydrogen-bond donors (Lipinski definition) is 1. The minimum atomic E-state index is -0.462. The Balaban J connectivity index is 2.58. The molecule has 0 spiro atoms. The lowest BCUT2D eigenvalue weighted by molar-refractivity contribution is -0.384. The molecule has 0 aliphatic carbocycles. The van der Waals surface area contributed by atoms with Gasteiger partial charge in [0.1, 0.15) is 0 Å². The number of benzene rings is 1. The summed E-state index contributed by atoms with van der Waals surface area (Å²) in [7, 11) is 0. The van der Waals surface area contributed by atoms with Gasteiger partial charge in [-0.15, -0.1) is 0 Å². The summed E-state index contributed by atoms with van der Waals surface area (Å²) < 4.78 is 0. The second-order valence-corrected chi connectivity index (χ2v) is 4.12. The van der Waals surface area contributed by atoms with Gasteiger partial charge in [-0.2, -0.15) is 0 Å².